The van der Waals surface area contributed by atoms with Gasteiger partial charge in [-0.3, -0.25) is 0 Å². The van der Waals surface area contributed by atoms with E-state index in [1.807, 2.05) is 0 Å². The average molecular weight is 196 g/mol. The predicted octanol–water partition coefficient (Wildman–Crippen LogP) is 1.96. The van der Waals surface area contributed by atoms with E-state index < -0.39 is 0 Å². The van der Waals surface area contributed by atoms with Crippen molar-refractivity contribution in [2.75, 3.05) is 6.54 Å². The van der Waals surface area contributed by atoms with Crippen molar-refractivity contribution in [3.63, 3.8) is 0 Å². The van der Waals surface area contributed by atoms with Crippen molar-refractivity contribution in [1.82, 2.24) is 4.98 Å². The Kier molecular flexibility index (Phi) is 3.98. The Morgan fingerprint density at radius 2 is 2.62 bits per heavy atom. The molecule has 68 valence electrons. The third-order valence-corrected chi connectivity index (χ3v) is 2.10. The Morgan fingerprint density at radius 1 is 1.77 bits per heavy atom. The SMILES string of the molecule is [N-]=[N+]=NCC=Cc1nc(CO)cs1. The van der Waals surface area contributed by atoms with Gasteiger partial charge in [0.2, 0.25) is 0 Å². The molecule has 1 aromatic heterocycles. The largest absolute Gasteiger partial charge is 0.390 e. The highest BCUT2D eigenvalue weighted by atomic mass is 32.1. The highest BCUT2D eigenvalue weighted by molar-refractivity contribution is 7.10. The van der Waals surface area contributed by atoms with E-state index in [4.69, 9.17) is 10.6 Å². The van der Waals surface area contributed by atoms with Crippen LogP contribution in [-0.2, 0) is 6.61 Å². The number of thiazole rings is 1. The van der Waals surface area contributed by atoms with Crippen LogP contribution < -0.4 is 0 Å². The standard InChI is InChI=1S/C7H8N4OS/c8-11-9-3-1-2-7-10-6(4-12)5-13-7/h1-2,5,12H,3-4H2. The first-order valence-electron chi connectivity index (χ1n) is 3.59. The second-order valence-corrected chi connectivity index (χ2v) is 3.04. The van der Waals surface area contributed by atoms with Crippen molar-refractivity contribution in [3.05, 3.63) is 32.6 Å². The van der Waals surface area contributed by atoms with E-state index in [-0.39, 0.29) is 6.61 Å². The fraction of sp³-hybridized carbons (Fsp3) is 0.286. The molecule has 1 aromatic rings. The first-order chi connectivity index (χ1) is 6.36. The fourth-order valence-corrected chi connectivity index (χ4v) is 1.44. The van der Waals surface area contributed by atoms with E-state index in [0.717, 1.165) is 5.01 Å². The van der Waals surface area contributed by atoms with Crippen LogP contribution in [0.3, 0.4) is 0 Å². The number of aliphatic hydroxyl groups excluding tert-OH is 1. The van der Waals surface area contributed by atoms with Crippen molar-refractivity contribution in [2.24, 2.45) is 5.11 Å². The number of hydrogen-bond acceptors (Lipinski definition) is 4. The van der Waals surface area contributed by atoms with Crippen molar-refractivity contribution in [1.29, 1.82) is 0 Å². The molecule has 0 aliphatic rings. The zero-order chi connectivity index (χ0) is 9.52. The molecule has 0 aliphatic carbocycles. The molecule has 5 nitrogen and oxygen atoms in total. The highest BCUT2D eigenvalue weighted by Crippen LogP contribution is 2.10. The van der Waals surface area contributed by atoms with Gasteiger partial charge in [0.15, 0.2) is 0 Å². The van der Waals surface area contributed by atoms with E-state index >= 15 is 0 Å². The normalized spacial score (nSPS) is 10.2. The third kappa shape index (κ3) is 3.25. The van der Waals surface area contributed by atoms with E-state index in [0.29, 0.717) is 12.2 Å². The lowest BCUT2D eigenvalue weighted by molar-refractivity contribution is 0.277. The van der Waals surface area contributed by atoms with Crippen LogP contribution in [0.1, 0.15) is 10.7 Å². The maximum Gasteiger partial charge on any atom is 0.116 e. The van der Waals surface area contributed by atoms with Gasteiger partial charge < -0.3 is 5.11 Å². The lowest BCUT2D eigenvalue weighted by atomic mass is 10.5. The van der Waals surface area contributed by atoms with Crippen LogP contribution in [0.25, 0.3) is 16.5 Å². The summed E-state index contributed by atoms with van der Waals surface area (Å²) in [6, 6.07) is 0. The maximum atomic E-state index is 8.71. The van der Waals surface area contributed by atoms with Gasteiger partial charge in [-0.2, -0.15) is 0 Å². The summed E-state index contributed by atoms with van der Waals surface area (Å²) in [5.74, 6) is 0. The van der Waals surface area contributed by atoms with Crippen molar-refractivity contribution in [3.8, 4) is 0 Å². The molecule has 0 radical (unpaired) electrons. The number of aromatic nitrogens is 1. The summed E-state index contributed by atoms with van der Waals surface area (Å²) < 4.78 is 0. The zero-order valence-corrected chi connectivity index (χ0v) is 7.61. The van der Waals surface area contributed by atoms with Crippen LogP contribution in [0.15, 0.2) is 16.6 Å². The van der Waals surface area contributed by atoms with Gasteiger partial charge in [-0.05, 0) is 11.6 Å². The molecule has 0 saturated heterocycles. The molecule has 1 N–H and O–H groups in total. The summed E-state index contributed by atoms with van der Waals surface area (Å²) in [5, 5.41) is 14.6. The van der Waals surface area contributed by atoms with E-state index in [1.165, 1.54) is 11.3 Å². The second kappa shape index (κ2) is 5.31. The van der Waals surface area contributed by atoms with E-state index in [2.05, 4.69) is 15.0 Å². The lowest BCUT2D eigenvalue weighted by Gasteiger charge is -1.82. The molecule has 0 unspecified atom stereocenters. The summed E-state index contributed by atoms with van der Waals surface area (Å²) in [5.41, 5.74) is 8.64. The Labute approximate surface area is 79.0 Å². The first-order valence-corrected chi connectivity index (χ1v) is 4.47. The van der Waals surface area contributed by atoms with Gasteiger partial charge in [0.25, 0.3) is 0 Å². The smallest absolute Gasteiger partial charge is 0.116 e. The quantitative estimate of drug-likeness (QED) is 0.453. The van der Waals surface area contributed by atoms with Crippen LogP contribution in [0.4, 0.5) is 0 Å². The zero-order valence-electron chi connectivity index (χ0n) is 6.79. The van der Waals surface area contributed by atoms with Crippen LogP contribution in [0, 0.1) is 0 Å². The topological polar surface area (TPSA) is 81.9 Å². The molecule has 0 bridgehead atoms. The minimum Gasteiger partial charge on any atom is -0.390 e. The molecule has 1 rings (SSSR count). The van der Waals surface area contributed by atoms with Crippen molar-refractivity contribution in [2.45, 2.75) is 6.61 Å². The van der Waals surface area contributed by atoms with Gasteiger partial charge >= 0.3 is 0 Å². The molecular weight excluding hydrogens is 188 g/mol. The van der Waals surface area contributed by atoms with Crippen LogP contribution in [0.5, 0.6) is 0 Å². The second-order valence-electron chi connectivity index (χ2n) is 2.15. The summed E-state index contributed by atoms with van der Waals surface area (Å²) in [7, 11) is 0. The summed E-state index contributed by atoms with van der Waals surface area (Å²) >= 11 is 1.44. The number of azide groups is 1. The molecule has 0 aromatic carbocycles. The molecule has 0 aliphatic heterocycles. The van der Waals surface area contributed by atoms with Crippen molar-refractivity contribution < 1.29 is 5.11 Å². The molecule has 6 heteroatoms. The number of nitrogens with zero attached hydrogens (tertiary/aromatic N) is 4. The summed E-state index contributed by atoms with van der Waals surface area (Å²) in [6.07, 6.45) is 3.48. The molecule has 0 saturated carbocycles. The van der Waals surface area contributed by atoms with Gasteiger partial charge in [-0.15, -0.1) is 11.3 Å². The minimum atomic E-state index is -0.0410. The molecule has 0 atom stereocenters. The number of hydrogen-bond donors (Lipinski definition) is 1. The van der Waals surface area contributed by atoms with Gasteiger partial charge in [-0.1, -0.05) is 11.2 Å². The molecule has 1 heterocycles. The number of aliphatic hydroxyl groups is 1. The monoisotopic (exact) mass is 196 g/mol. The molecule has 0 amide bonds. The maximum absolute atomic E-state index is 8.71. The van der Waals surface area contributed by atoms with Gasteiger partial charge in [0.05, 0.1) is 12.3 Å². The van der Waals surface area contributed by atoms with E-state index in [1.54, 1.807) is 17.5 Å². The van der Waals surface area contributed by atoms with Crippen LogP contribution >= 0.6 is 11.3 Å². The lowest BCUT2D eigenvalue weighted by Crippen LogP contribution is -1.81. The summed E-state index contributed by atoms with van der Waals surface area (Å²) in [6.45, 7) is 0.283. The minimum absolute atomic E-state index is 0.0410. The third-order valence-electron chi connectivity index (χ3n) is 1.24. The Balaban J connectivity index is 2.53. The fourth-order valence-electron chi connectivity index (χ4n) is 0.709. The van der Waals surface area contributed by atoms with Gasteiger partial charge in [0, 0.05) is 16.8 Å². The Morgan fingerprint density at radius 3 is 3.23 bits per heavy atom. The molecular formula is C7H8N4OS. The van der Waals surface area contributed by atoms with Gasteiger partial charge in [-0.25, -0.2) is 4.98 Å². The van der Waals surface area contributed by atoms with E-state index in [9.17, 15) is 0 Å². The Bertz CT molecular complexity index is 340. The molecule has 0 spiro atoms. The van der Waals surface area contributed by atoms with Crippen LogP contribution in [0.2, 0.25) is 0 Å². The molecule has 13 heavy (non-hydrogen) atoms. The van der Waals surface area contributed by atoms with Gasteiger partial charge in [0.1, 0.15) is 5.01 Å². The highest BCUT2D eigenvalue weighted by Gasteiger charge is 1.95. The van der Waals surface area contributed by atoms with Crippen molar-refractivity contribution >= 4 is 17.4 Å². The van der Waals surface area contributed by atoms with Crippen LogP contribution in [-0.4, -0.2) is 16.6 Å². The first kappa shape index (κ1) is 9.73. The number of rotatable bonds is 4. The molecule has 0 fully saturated rings. The predicted molar refractivity (Wildman–Crippen MR) is 51.1 cm³/mol. The average Bonchev–Trinajstić information content (AvgIpc) is 2.60. The Hall–Kier alpha value is -1.36. The summed E-state index contributed by atoms with van der Waals surface area (Å²) in [4.78, 5) is 6.68.